The Bertz CT molecular complexity index is 858. The zero-order chi connectivity index (χ0) is 16.9. The van der Waals surface area contributed by atoms with E-state index in [9.17, 15) is 9.90 Å². The summed E-state index contributed by atoms with van der Waals surface area (Å²) in [7, 11) is 0. The molecular formula is C18H17N3O3. The standard InChI is InChI=1S/C18H17N3O3/c1-12-20-21-18(24-12)14-8-4-7-13(9-14)17(23)19-10-15-5-2-3-6-16(15)11-22/h2-9,22H,10-11H2,1H3,(H,19,23). The summed E-state index contributed by atoms with van der Waals surface area (Å²) in [5, 5.41) is 19.9. The zero-order valence-corrected chi connectivity index (χ0v) is 13.2. The molecule has 1 heterocycles. The van der Waals surface area contributed by atoms with Crippen molar-refractivity contribution in [2.24, 2.45) is 0 Å². The number of aliphatic hydroxyl groups excluding tert-OH is 1. The van der Waals surface area contributed by atoms with Crippen LogP contribution in [0.15, 0.2) is 52.9 Å². The van der Waals surface area contributed by atoms with Crippen LogP contribution in [0.5, 0.6) is 0 Å². The van der Waals surface area contributed by atoms with Crippen LogP contribution in [-0.4, -0.2) is 21.2 Å². The third-order valence-electron chi connectivity index (χ3n) is 3.63. The van der Waals surface area contributed by atoms with Crippen molar-refractivity contribution in [3.8, 4) is 11.5 Å². The first kappa shape index (κ1) is 15.9. The Morgan fingerprint density at radius 2 is 1.92 bits per heavy atom. The van der Waals surface area contributed by atoms with Crippen LogP contribution in [0.2, 0.25) is 0 Å². The van der Waals surface area contributed by atoms with Crippen molar-refractivity contribution < 1.29 is 14.3 Å². The van der Waals surface area contributed by atoms with Gasteiger partial charge in [0.05, 0.1) is 6.61 Å². The van der Waals surface area contributed by atoms with Crippen LogP contribution in [0.1, 0.15) is 27.4 Å². The van der Waals surface area contributed by atoms with E-state index in [-0.39, 0.29) is 12.5 Å². The van der Waals surface area contributed by atoms with Gasteiger partial charge in [0.2, 0.25) is 11.8 Å². The molecule has 0 aliphatic carbocycles. The number of hydrogen-bond donors (Lipinski definition) is 2. The van der Waals surface area contributed by atoms with Gasteiger partial charge in [-0.05, 0) is 29.3 Å². The van der Waals surface area contributed by atoms with Crippen LogP contribution >= 0.6 is 0 Å². The van der Waals surface area contributed by atoms with Crippen molar-refractivity contribution in [3.63, 3.8) is 0 Å². The average Bonchev–Trinajstić information content (AvgIpc) is 3.06. The Kier molecular flexibility index (Phi) is 4.67. The number of aryl methyl sites for hydroxylation is 1. The van der Waals surface area contributed by atoms with Crippen LogP contribution in [0.4, 0.5) is 0 Å². The van der Waals surface area contributed by atoms with Gasteiger partial charge >= 0.3 is 0 Å². The summed E-state index contributed by atoms with van der Waals surface area (Å²) >= 11 is 0. The molecule has 0 saturated carbocycles. The molecule has 0 saturated heterocycles. The minimum absolute atomic E-state index is 0.0575. The second kappa shape index (κ2) is 7.06. The number of aliphatic hydroxyl groups is 1. The van der Waals surface area contributed by atoms with Crippen LogP contribution in [-0.2, 0) is 13.2 Å². The highest BCUT2D eigenvalue weighted by atomic mass is 16.4. The molecule has 2 aromatic carbocycles. The largest absolute Gasteiger partial charge is 0.421 e. The third kappa shape index (κ3) is 3.49. The summed E-state index contributed by atoms with van der Waals surface area (Å²) < 4.78 is 5.38. The number of carbonyl (C=O) groups is 1. The number of rotatable bonds is 5. The fraction of sp³-hybridized carbons (Fsp3) is 0.167. The molecule has 0 aliphatic heterocycles. The van der Waals surface area contributed by atoms with Crippen molar-refractivity contribution in [3.05, 3.63) is 71.1 Å². The van der Waals surface area contributed by atoms with Gasteiger partial charge in [-0.1, -0.05) is 30.3 Å². The highest BCUT2D eigenvalue weighted by Crippen LogP contribution is 2.19. The Hall–Kier alpha value is -2.99. The predicted octanol–water partition coefficient (Wildman–Crippen LogP) is 2.47. The number of amides is 1. The van der Waals surface area contributed by atoms with Gasteiger partial charge in [-0.3, -0.25) is 4.79 Å². The van der Waals surface area contributed by atoms with Crippen molar-refractivity contribution in [1.29, 1.82) is 0 Å². The van der Waals surface area contributed by atoms with Crippen LogP contribution in [0, 0.1) is 6.92 Å². The molecule has 24 heavy (non-hydrogen) atoms. The number of carbonyl (C=O) groups excluding carboxylic acids is 1. The molecule has 1 aromatic heterocycles. The highest BCUT2D eigenvalue weighted by Gasteiger charge is 2.11. The van der Waals surface area contributed by atoms with E-state index in [4.69, 9.17) is 4.42 Å². The van der Waals surface area contributed by atoms with Gasteiger partial charge in [-0.2, -0.15) is 0 Å². The lowest BCUT2D eigenvalue weighted by Gasteiger charge is -2.09. The molecule has 1 amide bonds. The molecule has 0 spiro atoms. The van der Waals surface area contributed by atoms with E-state index in [1.807, 2.05) is 30.3 Å². The lowest BCUT2D eigenvalue weighted by atomic mass is 10.1. The Morgan fingerprint density at radius 3 is 2.62 bits per heavy atom. The Morgan fingerprint density at radius 1 is 1.12 bits per heavy atom. The molecule has 2 N–H and O–H groups in total. The Balaban J connectivity index is 1.73. The van der Waals surface area contributed by atoms with E-state index < -0.39 is 0 Å². The maximum atomic E-state index is 12.4. The summed E-state index contributed by atoms with van der Waals surface area (Å²) in [4.78, 5) is 12.4. The third-order valence-corrected chi connectivity index (χ3v) is 3.63. The molecule has 6 heteroatoms. The van der Waals surface area contributed by atoms with Crippen LogP contribution in [0.25, 0.3) is 11.5 Å². The van der Waals surface area contributed by atoms with Crippen molar-refractivity contribution in [2.75, 3.05) is 0 Å². The molecule has 6 nitrogen and oxygen atoms in total. The number of nitrogens with one attached hydrogen (secondary N) is 1. The molecule has 0 fully saturated rings. The molecule has 0 aliphatic rings. The van der Waals surface area contributed by atoms with Gasteiger partial charge in [0.1, 0.15) is 0 Å². The summed E-state index contributed by atoms with van der Waals surface area (Å²) in [6.45, 7) is 2.00. The molecule has 122 valence electrons. The fourth-order valence-corrected chi connectivity index (χ4v) is 2.37. The normalized spacial score (nSPS) is 10.6. The fourth-order valence-electron chi connectivity index (χ4n) is 2.37. The minimum atomic E-state index is -0.208. The number of nitrogens with zero attached hydrogens (tertiary/aromatic N) is 2. The lowest BCUT2D eigenvalue weighted by molar-refractivity contribution is 0.0950. The topological polar surface area (TPSA) is 88.2 Å². The van der Waals surface area contributed by atoms with E-state index in [0.717, 1.165) is 11.1 Å². The highest BCUT2D eigenvalue weighted by molar-refractivity contribution is 5.95. The molecule has 0 bridgehead atoms. The van der Waals surface area contributed by atoms with Crippen molar-refractivity contribution >= 4 is 5.91 Å². The Labute approximate surface area is 139 Å². The van der Waals surface area contributed by atoms with Gasteiger partial charge < -0.3 is 14.8 Å². The van der Waals surface area contributed by atoms with Gasteiger partial charge in [0.15, 0.2) is 0 Å². The average molecular weight is 323 g/mol. The molecular weight excluding hydrogens is 306 g/mol. The first-order chi connectivity index (χ1) is 11.7. The minimum Gasteiger partial charge on any atom is -0.421 e. The second-order valence-corrected chi connectivity index (χ2v) is 5.32. The first-order valence-corrected chi connectivity index (χ1v) is 7.54. The van der Waals surface area contributed by atoms with Crippen LogP contribution < -0.4 is 5.32 Å². The van der Waals surface area contributed by atoms with Crippen molar-refractivity contribution in [1.82, 2.24) is 15.5 Å². The first-order valence-electron chi connectivity index (χ1n) is 7.54. The lowest BCUT2D eigenvalue weighted by Crippen LogP contribution is -2.23. The molecule has 0 radical (unpaired) electrons. The summed E-state index contributed by atoms with van der Waals surface area (Å²) in [6.07, 6.45) is 0. The number of benzene rings is 2. The molecule has 3 rings (SSSR count). The van der Waals surface area contributed by atoms with Gasteiger partial charge in [0, 0.05) is 24.6 Å². The molecule has 0 unspecified atom stereocenters. The summed E-state index contributed by atoms with van der Waals surface area (Å²) in [6, 6.07) is 14.5. The summed E-state index contributed by atoms with van der Waals surface area (Å²) in [5.41, 5.74) is 2.88. The predicted molar refractivity (Wildman–Crippen MR) is 88.0 cm³/mol. The van der Waals surface area contributed by atoms with E-state index >= 15 is 0 Å². The van der Waals surface area contributed by atoms with E-state index in [1.165, 1.54) is 0 Å². The van der Waals surface area contributed by atoms with Crippen molar-refractivity contribution in [2.45, 2.75) is 20.1 Å². The monoisotopic (exact) mass is 323 g/mol. The molecule has 0 atom stereocenters. The van der Waals surface area contributed by atoms with Crippen LogP contribution in [0.3, 0.4) is 0 Å². The van der Waals surface area contributed by atoms with Gasteiger partial charge in [-0.25, -0.2) is 0 Å². The van der Waals surface area contributed by atoms with Gasteiger partial charge in [-0.15, -0.1) is 10.2 Å². The SMILES string of the molecule is Cc1nnc(-c2cccc(C(=O)NCc3ccccc3CO)c2)o1. The maximum absolute atomic E-state index is 12.4. The zero-order valence-electron chi connectivity index (χ0n) is 13.2. The number of hydrogen-bond acceptors (Lipinski definition) is 5. The van der Waals surface area contributed by atoms with E-state index in [1.54, 1.807) is 25.1 Å². The second-order valence-electron chi connectivity index (χ2n) is 5.32. The smallest absolute Gasteiger partial charge is 0.251 e. The number of aromatic nitrogens is 2. The van der Waals surface area contributed by atoms with E-state index in [0.29, 0.717) is 29.5 Å². The molecule has 3 aromatic rings. The summed E-state index contributed by atoms with van der Waals surface area (Å²) in [5.74, 6) is 0.647. The van der Waals surface area contributed by atoms with E-state index in [2.05, 4.69) is 15.5 Å². The quantitative estimate of drug-likeness (QED) is 0.753. The van der Waals surface area contributed by atoms with Gasteiger partial charge in [0.25, 0.3) is 5.91 Å². The maximum Gasteiger partial charge on any atom is 0.251 e.